The highest BCUT2D eigenvalue weighted by Crippen LogP contribution is 2.30. The standard InChI is InChI=1S/C15H22BrNO2/c1-4-17(5-2)14(11-15(18)19-6-3)12-9-7-8-10-13(12)16/h7-10,14H,4-6,11H2,1-3H3. The van der Waals surface area contributed by atoms with Gasteiger partial charge in [0.2, 0.25) is 0 Å². The minimum Gasteiger partial charge on any atom is -0.466 e. The predicted octanol–water partition coefficient (Wildman–Crippen LogP) is 3.79. The van der Waals surface area contributed by atoms with E-state index in [1.54, 1.807) is 0 Å². The van der Waals surface area contributed by atoms with Crippen LogP contribution in [-0.2, 0) is 9.53 Å². The Morgan fingerprint density at radius 3 is 2.42 bits per heavy atom. The van der Waals surface area contributed by atoms with Crippen LogP contribution in [0.3, 0.4) is 0 Å². The van der Waals surface area contributed by atoms with Crippen LogP contribution in [0.25, 0.3) is 0 Å². The van der Waals surface area contributed by atoms with Crippen molar-refractivity contribution in [2.24, 2.45) is 0 Å². The lowest BCUT2D eigenvalue weighted by Gasteiger charge is -2.30. The van der Waals surface area contributed by atoms with E-state index in [0.717, 1.165) is 23.1 Å². The quantitative estimate of drug-likeness (QED) is 0.713. The molecule has 0 heterocycles. The molecule has 0 aliphatic carbocycles. The topological polar surface area (TPSA) is 29.5 Å². The molecular weight excluding hydrogens is 306 g/mol. The molecule has 1 aromatic carbocycles. The number of hydrogen-bond acceptors (Lipinski definition) is 3. The molecule has 0 aliphatic rings. The van der Waals surface area contributed by atoms with Crippen LogP contribution in [0.4, 0.5) is 0 Å². The summed E-state index contributed by atoms with van der Waals surface area (Å²) in [6.45, 7) is 8.29. The van der Waals surface area contributed by atoms with Crippen LogP contribution in [0.1, 0.15) is 38.8 Å². The van der Waals surface area contributed by atoms with Crippen LogP contribution in [0.15, 0.2) is 28.7 Å². The second kappa shape index (κ2) is 8.33. The first-order chi connectivity index (χ1) is 9.13. The Morgan fingerprint density at radius 1 is 1.26 bits per heavy atom. The Kier molecular flexibility index (Phi) is 7.10. The number of carbonyl (C=O) groups excluding carboxylic acids is 1. The summed E-state index contributed by atoms with van der Waals surface area (Å²) in [7, 11) is 0. The van der Waals surface area contributed by atoms with E-state index < -0.39 is 0 Å². The van der Waals surface area contributed by atoms with Crippen molar-refractivity contribution in [2.45, 2.75) is 33.2 Å². The maximum absolute atomic E-state index is 11.8. The zero-order valence-corrected chi connectivity index (χ0v) is 13.4. The number of esters is 1. The maximum Gasteiger partial charge on any atom is 0.307 e. The van der Waals surface area contributed by atoms with Gasteiger partial charge in [0, 0.05) is 10.5 Å². The van der Waals surface area contributed by atoms with Crippen LogP contribution < -0.4 is 0 Å². The van der Waals surface area contributed by atoms with Crippen molar-refractivity contribution >= 4 is 21.9 Å². The van der Waals surface area contributed by atoms with E-state index in [4.69, 9.17) is 4.74 Å². The largest absolute Gasteiger partial charge is 0.466 e. The third-order valence-corrected chi connectivity index (χ3v) is 3.90. The number of ether oxygens (including phenoxy) is 1. The van der Waals surface area contributed by atoms with Gasteiger partial charge in [0.25, 0.3) is 0 Å². The van der Waals surface area contributed by atoms with Crippen molar-refractivity contribution in [2.75, 3.05) is 19.7 Å². The molecule has 0 amide bonds. The summed E-state index contributed by atoms with van der Waals surface area (Å²) in [5.41, 5.74) is 1.14. The number of hydrogen-bond donors (Lipinski definition) is 0. The van der Waals surface area contributed by atoms with Gasteiger partial charge in [0.05, 0.1) is 13.0 Å². The Balaban J connectivity index is 2.98. The average Bonchev–Trinajstić information content (AvgIpc) is 2.40. The van der Waals surface area contributed by atoms with Crippen LogP contribution in [-0.4, -0.2) is 30.6 Å². The molecule has 4 heteroatoms. The summed E-state index contributed by atoms with van der Waals surface area (Å²) in [5, 5.41) is 0. The van der Waals surface area contributed by atoms with E-state index in [9.17, 15) is 4.79 Å². The van der Waals surface area contributed by atoms with E-state index in [0.29, 0.717) is 13.0 Å². The van der Waals surface area contributed by atoms with E-state index in [1.807, 2.05) is 25.1 Å². The molecule has 0 saturated heterocycles. The first-order valence-electron chi connectivity index (χ1n) is 6.78. The Bertz CT molecular complexity index is 405. The van der Waals surface area contributed by atoms with Gasteiger partial charge in [-0.05, 0) is 31.6 Å². The number of halogens is 1. The first-order valence-corrected chi connectivity index (χ1v) is 7.57. The Hall–Kier alpha value is -0.870. The third kappa shape index (κ3) is 4.62. The lowest BCUT2D eigenvalue weighted by Crippen LogP contribution is -2.31. The van der Waals surface area contributed by atoms with Gasteiger partial charge in [0.1, 0.15) is 0 Å². The zero-order valence-electron chi connectivity index (χ0n) is 11.9. The summed E-state index contributed by atoms with van der Waals surface area (Å²) in [5.74, 6) is -0.143. The smallest absolute Gasteiger partial charge is 0.307 e. The van der Waals surface area contributed by atoms with E-state index in [1.165, 1.54) is 0 Å². The Morgan fingerprint density at radius 2 is 1.89 bits per heavy atom. The number of rotatable bonds is 7. The van der Waals surface area contributed by atoms with E-state index >= 15 is 0 Å². The number of nitrogens with zero attached hydrogens (tertiary/aromatic N) is 1. The van der Waals surface area contributed by atoms with Crippen LogP contribution in [0.2, 0.25) is 0 Å². The van der Waals surface area contributed by atoms with Crippen molar-refractivity contribution in [3.8, 4) is 0 Å². The van der Waals surface area contributed by atoms with Gasteiger partial charge in [-0.25, -0.2) is 0 Å². The highest BCUT2D eigenvalue weighted by atomic mass is 79.9. The molecule has 1 aromatic rings. The summed E-state index contributed by atoms with van der Waals surface area (Å²) < 4.78 is 6.13. The zero-order chi connectivity index (χ0) is 14.3. The molecule has 19 heavy (non-hydrogen) atoms. The minimum absolute atomic E-state index is 0.0598. The van der Waals surface area contributed by atoms with Gasteiger partial charge in [-0.15, -0.1) is 0 Å². The van der Waals surface area contributed by atoms with Gasteiger partial charge in [-0.2, -0.15) is 0 Å². The van der Waals surface area contributed by atoms with Crippen LogP contribution in [0.5, 0.6) is 0 Å². The number of carbonyl (C=O) groups is 1. The molecule has 0 spiro atoms. The van der Waals surface area contributed by atoms with Crippen LogP contribution in [0, 0.1) is 0 Å². The summed E-state index contributed by atoms with van der Waals surface area (Å²) in [4.78, 5) is 14.1. The highest BCUT2D eigenvalue weighted by molar-refractivity contribution is 9.10. The summed E-state index contributed by atoms with van der Waals surface area (Å²) in [6, 6.07) is 8.12. The van der Waals surface area contributed by atoms with Gasteiger partial charge in [-0.1, -0.05) is 48.0 Å². The maximum atomic E-state index is 11.8. The third-order valence-electron chi connectivity index (χ3n) is 3.18. The molecular formula is C15H22BrNO2. The fourth-order valence-electron chi connectivity index (χ4n) is 2.22. The normalized spacial score (nSPS) is 12.5. The van der Waals surface area contributed by atoms with Gasteiger partial charge < -0.3 is 4.74 Å². The van der Waals surface area contributed by atoms with Gasteiger partial charge in [0.15, 0.2) is 0 Å². The van der Waals surface area contributed by atoms with E-state index in [-0.39, 0.29) is 12.0 Å². The molecule has 1 unspecified atom stereocenters. The molecule has 1 atom stereocenters. The lowest BCUT2D eigenvalue weighted by molar-refractivity contribution is -0.144. The molecule has 1 rings (SSSR count). The van der Waals surface area contributed by atoms with Gasteiger partial charge in [-0.3, -0.25) is 9.69 Å². The molecule has 0 aromatic heterocycles. The molecule has 0 N–H and O–H groups in total. The summed E-state index contributed by atoms with van der Waals surface area (Å²) in [6.07, 6.45) is 0.387. The first kappa shape index (κ1) is 16.2. The van der Waals surface area contributed by atoms with Gasteiger partial charge >= 0.3 is 5.97 Å². The highest BCUT2D eigenvalue weighted by Gasteiger charge is 2.23. The molecule has 3 nitrogen and oxygen atoms in total. The SMILES string of the molecule is CCOC(=O)CC(c1ccccc1Br)N(CC)CC. The van der Waals surface area contributed by atoms with Crippen molar-refractivity contribution in [1.82, 2.24) is 4.90 Å². The fourth-order valence-corrected chi connectivity index (χ4v) is 2.77. The fraction of sp³-hybridized carbons (Fsp3) is 0.533. The molecule has 106 valence electrons. The monoisotopic (exact) mass is 327 g/mol. The van der Waals surface area contributed by atoms with Crippen molar-refractivity contribution in [3.05, 3.63) is 34.3 Å². The average molecular weight is 328 g/mol. The second-order valence-corrected chi connectivity index (χ2v) is 5.12. The predicted molar refractivity (Wildman–Crippen MR) is 81.1 cm³/mol. The molecule has 0 fully saturated rings. The van der Waals surface area contributed by atoms with E-state index in [2.05, 4.69) is 40.7 Å². The second-order valence-electron chi connectivity index (χ2n) is 4.27. The Labute approximate surface area is 124 Å². The lowest BCUT2D eigenvalue weighted by atomic mass is 10.0. The molecule has 0 aliphatic heterocycles. The summed E-state index contributed by atoms with van der Waals surface area (Å²) >= 11 is 3.57. The minimum atomic E-state index is -0.143. The molecule has 0 radical (unpaired) electrons. The molecule has 0 bridgehead atoms. The van der Waals surface area contributed by atoms with Crippen molar-refractivity contribution in [1.29, 1.82) is 0 Å². The van der Waals surface area contributed by atoms with Crippen LogP contribution >= 0.6 is 15.9 Å². The number of benzene rings is 1. The van der Waals surface area contributed by atoms with Crippen molar-refractivity contribution in [3.63, 3.8) is 0 Å². The molecule has 0 saturated carbocycles. The van der Waals surface area contributed by atoms with Crippen molar-refractivity contribution < 1.29 is 9.53 Å².